The lowest BCUT2D eigenvalue weighted by molar-refractivity contribution is -0.114. The van der Waals surface area contributed by atoms with Crippen LogP contribution in [-0.4, -0.2) is 39.4 Å². The standard InChI is InChI=1S/C19H24N2O4/c1-3-24-18-6-4-5-16(13-18)20-14-19(22)21-15-7-9-17(10-8-15)25-12-11-23-2/h4-10,13,20H,3,11-12,14H2,1-2H3,(H,21,22). The summed E-state index contributed by atoms with van der Waals surface area (Å²) in [6.45, 7) is 3.74. The number of carbonyl (C=O) groups excluding carboxylic acids is 1. The summed E-state index contributed by atoms with van der Waals surface area (Å²) in [7, 11) is 1.63. The van der Waals surface area contributed by atoms with E-state index in [9.17, 15) is 4.79 Å². The number of ether oxygens (including phenoxy) is 3. The van der Waals surface area contributed by atoms with E-state index in [1.54, 1.807) is 19.2 Å². The molecule has 134 valence electrons. The van der Waals surface area contributed by atoms with Crippen LogP contribution >= 0.6 is 0 Å². The van der Waals surface area contributed by atoms with E-state index >= 15 is 0 Å². The molecule has 0 spiro atoms. The van der Waals surface area contributed by atoms with Crippen LogP contribution in [0.1, 0.15) is 6.92 Å². The van der Waals surface area contributed by atoms with Gasteiger partial charge in [-0.05, 0) is 43.3 Å². The third kappa shape index (κ3) is 6.73. The molecule has 0 aliphatic heterocycles. The van der Waals surface area contributed by atoms with Crippen molar-refractivity contribution in [1.29, 1.82) is 0 Å². The Morgan fingerprint density at radius 2 is 1.76 bits per heavy atom. The number of rotatable bonds is 10. The van der Waals surface area contributed by atoms with Crippen LogP contribution < -0.4 is 20.1 Å². The molecule has 2 N–H and O–H groups in total. The smallest absolute Gasteiger partial charge is 0.243 e. The van der Waals surface area contributed by atoms with E-state index in [-0.39, 0.29) is 12.5 Å². The highest BCUT2D eigenvalue weighted by Crippen LogP contribution is 2.18. The molecule has 1 amide bonds. The van der Waals surface area contributed by atoms with Crippen molar-refractivity contribution in [3.8, 4) is 11.5 Å². The lowest BCUT2D eigenvalue weighted by Crippen LogP contribution is -2.21. The van der Waals surface area contributed by atoms with Gasteiger partial charge in [-0.15, -0.1) is 0 Å². The van der Waals surface area contributed by atoms with Crippen molar-refractivity contribution in [3.63, 3.8) is 0 Å². The summed E-state index contributed by atoms with van der Waals surface area (Å²) in [5.41, 5.74) is 1.55. The summed E-state index contributed by atoms with van der Waals surface area (Å²) in [6.07, 6.45) is 0. The number of carbonyl (C=O) groups is 1. The number of amides is 1. The first-order valence-corrected chi connectivity index (χ1v) is 8.19. The number of anilines is 2. The molecule has 2 aromatic carbocycles. The molecule has 0 radical (unpaired) electrons. The maximum atomic E-state index is 12.0. The van der Waals surface area contributed by atoms with Crippen LogP contribution in [0.2, 0.25) is 0 Å². The summed E-state index contributed by atoms with van der Waals surface area (Å²) in [5, 5.41) is 5.91. The molecule has 25 heavy (non-hydrogen) atoms. The van der Waals surface area contributed by atoms with Crippen LogP contribution in [-0.2, 0) is 9.53 Å². The average Bonchev–Trinajstić information content (AvgIpc) is 2.62. The number of nitrogens with one attached hydrogen (secondary N) is 2. The molecular formula is C19H24N2O4. The third-order valence-electron chi connectivity index (χ3n) is 3.29. The molecule has 0 atom stereocenters. The topological polar surface area (TPSA) is 68.8 Å². The fourth-order valence-corrected chi connectivity index (χ4v) is 2.13. The monoisotopic (exact) mass is 344 g/mol. The molecule has 6 nitrogen and oxygen atoms in total. The van der Waals surface area contributed by atoms with Crippen molar-refractivity contribution in [2.24, 2.45) is 0 Å². The van der Waals surface area contributed by atoms with Gasteiger partial charge in [-0.1, -0.05) is 6.07 Å². The predicted octanol–water partition coefficient (Wildman–Crippen LogP) is 3.16. The summed E-state index contributed by atoms with van der Waals surface area (Å²) < 4.78 is 15.8. The van der Waals surface area contributed by atoms with Gasteiger partial charge in [0.15, 0.2) is 0 Å². The van der Waals surface area contributed by atoms with Crippen molar-refractivity contribution in [3.05, 3.63) is 48.5 Å². The fraction of sp³-hybridized carbons (Fsp3) is 0.316. The second-order valence-corrected chi connectivity index (χ2v) is 5.23. The number of methoxy groups -OCH3 is 1. The van der Waals surface area contributed by atoms with Gasteiger partial charge in [0.2, 0.25) is 5.91 Å². The van der Waals surface area contributed by atoms with Crippen LogP contribution in [0.4, 0.5) is 11.4 Å². The van der Waals surface area contributed by atoms with Crippen molar-refractivity contribution in [2.45, 2.75) is 6.92 Å². The van der Waals surface area contributed by atoms with Gasteiger partial charge in [0.25, 0.3) is 0 Å². The van der Waals surface area contributed by atoms with Gasteiger partial charge in [-0.2, -0.15) is 0 Å². The lowest BCUT2D eigenvalue weighted by Gasteiger charge is -2.10. The highest BCUT2D eigenvalue weighted by molar-refractivity contribution is 5.93. The van der Waals surface area contributed by atoms with Gasteiger partial charge in [0.05, 0.1) is 19.8 Å². The summed E-state index contributed by atoms with van der Waals surface area (Å²) in [4.78, 5) is 12.0. The molecule has 0 saturated heterocycles. The Bertz CT molecular complexity index is 659. The SMILES string of the molecule is CCOc1cccc(NCC(=O)Nc2ccc(OCCOC)cc2)c1. The first-order chi connectivity index (χ1) is 12.2. The van der Waals surface area contributed by atoms with Crippen LogP contribution in [0.25, 0.3) is 0 Å². The molecule has 0 heterocycles. The molecule has 6 heteroatoms. The van der Waals surface area contributed by atoms with Crippen LogP contribution in [0.15, 0.2) is 48.5 Å². The molecule has 2 rings (SSSR count). The zero-order valence-corrected chi connectivity index (χ0v) is 14.6. The molecule has 0 bridgehead atoms. The second-order valence-electron chi connectivity index (χ2n) is 5.23. The van der Waals surface area contributed by atoms with E-state index in [1.807, 2.05) is 43.3 Å². The molecule has 0 saturated carbocycles. The molecule has 0 fully saturated rings. The minimum absolute atomic E-state index is 0.130. The molecular weight excluding hydrogens is 320 g/mol. The van der Waals surface area contributed by atoms with Crippen molar-refractivity contribution in [2.75, 3.05) is 44.1 Å². The Kier molecular flexibility index (Phi) is 7.59. The maximum absolute atomic E-state index is 12.0. The fourth-order valence-electron chi connectivity index (χ4n) is 2.13. The molecule has 0 aliphatic carbocycles. The van der Waals surface area contributed by atoms with Crippen LogP contribution in [0.5, 0.6) is 11.5 Å². The van der Waals surface area contributed by atoms with E-state index in [0.717, 1.165) is 17.2 Å². The minimum atomic E-state index is -0.130. The van der Waals surface area contributed by atoms with Crippen molar-refractivity contribution < 1.29 is 19.0 Å². The number of hydrogen-bond donors (Lipinski definition) is 2. The summed E-state index contributed by atoms with van der Waals surface area (Å²) >= 11 is 0. The zero-order valence-electron chi connectivity index (χ0n) is 14.6. The van der Waals surface area contributed by atoms with E-state index in [2.05, 4.69) is 10.6 Å². The van der Waals surface area contributed by atoms with Crippen molar-refractivity contribution in [1.82, 2.24) is 0 Å². The van der Waals surface area contributed by atoms with Gasteiger partial charge in [-0.25, -0.2) is 0 Å². The Morgan fingerprint density at radius 1 is 0.960 bits per heavy atom. The van der Waals surface area contributed by atoms with Gasteiger partial charge in [0.1, 0.15) is 18.1 Å². The van der Waals surface area contributed by atoms with Crippen molar-refractivity contribution >= 4 is 17.3 Å². The lowest BCUT2D eigenvalue weighted by atomic mass is 10.3. The van der Waals surface area contributed by atoms with E-state index in [4.69, 9.17) is 14.2 Å². The van der Waals surface area contributed by atoms with Crippen LogP contribution in [0, 0.1) is 0 Å². The quantitative estimate of drug-likeness (QED) is 0.648. The Balaban J connectivity index is 1.79. The number of benzene rings is 2. The second kappa shape index (κ2) is 10.2. The van der Waals surface area contributed by atoms with Gasteiger partial charge in [0, 0.05) is 24.6 Å². The van der Waals surface area contributed by atoms with Gasteiger partial charge >= 0.3 is 0 Å². The summed E-state index contributed by atoms with van der Waals surface area (Å²) in [5.74, 6) is 1.38. The number of hydrogen-bond acceptors (Lipinski definition) is 5. The normalized spacial score (nSPS) is 10.2. The third-order valence-corrected chi connectivity index (χ3v) is 3.29. The predicted molar refractivity (Wildman–Crippen MR) is 98.5 cm³/mol. The Morgan fingerprint density at radius 3 is 2.48 bits per heavy atom. The minimum Gasteiger partial charge on any atom is -0.494 e. The average molecular weight is 344 g/mol. The Hall–Kier alpha value is -2.73. The summed E-state index contributed by atoms with van der Waals surface area (Å²) in [6, 6.07) is 14.7. The van der Waals surface area contributed by atoms with E-state index in [1.165, 1.54) is 0 Å². The molecule has 0 unspecified atom stereocenters. The molecule has 2 aromatic rings. The largest absolute Gasteiger partial charge is 0.494 e. The molecule has 0 aromatic heterocycles. The highest BCUT2D eigenvalue weighted by Gasteiger charge is 2.04. The van der Waals surface area contributed by atoms with E-state index in [0.29, 0.717) is 25.5 Å². The van der Waals surface area contributed by atoms with Gasteiger partial charge in [-0.3, -0.25) is 4.79 Å². The first kappa shape index (κ1) is 18.6. The maximum Gasteiger partial charge on any atom is 0.243 e. The zero-order chi connectivity index (χ0) is 17.9. The Labute approximate surface area is 148 Å². The highest BCUT2D eigenvalue weighted by atomic mass is 16.5. The van der Waals surface area contributed by atoms with E-state index < -0.39 is 0 Å². The first-order valence-electron chi connectivity index (χ1n) is 8.19. The van der Waals surface area contributed by atoms with Crippen LogP contribution in [0.3, 0.4) is 0 Å². The molecule has 0 aliphatic rings. The van der Waals surface area contributed by atoms with Gasteiger partial charge < -0.3 is 24.8 Å².